The van der Waals surface area contributed by atoms with Crippen LogP contribution in [0.5, 0.6) is 0 Å². The highest BCUT2D eigenvalue weighted by Gasteiger charge is 2.48. The Morgan fingerprint density at radius 2 is 1.68 bits per heavy atom. The first-order chi connectivity index (χ1) is 18.1. The second kappa shape index (κ2) is 11.6. The molecule has 2 saturated heterocycles. The van der Waals surface area contributed by atoms with Crippen molar-refractivity contribution in [2.45, 2.75) is 45.9 Å². The molecule has 2 aromatic rings. The molecule has 2 heterocycles. The molecule has 202 valence electrons. The summed E-state index contributed by atoms with van der Waals surface area (Å²) >= 11 is 0. The lowest BCUT2D eigenvalue weighted by atomic mass is 9.99. The summed E-state index contributed by atoms with van der Waals surface area (Å²) in [6.07, 6.45) is -1.21. The van der Waals surface area contributed by atoms with Crippen LogP contribution in [0.25, 0.3) is 0 Å². The maximum absolute atomic E-state index is 13.9. The highest BCUT2D eigenvalue weighted by atomic mass is 19.1. The number of rotatable bonds is 7. The lowest BCUT2D eigenvalue weighted by Crippen LogP contribution is -2.55. The van der Waals surface area contributed by atoms with E-state index < -0.39 is 24.1 Å². The van der Waals surface area contributed by atoms with Crippen LogP contribution in [0.1, 0.15) is 44.4 Å². The molecule has 0 aromatic heterocycles. The smallest absolute Gasteiger partial charge is 0.411 e. The van der Waals surface area contributed by atoms with Crippen molar-refractivity contribution in [3.63, 3.8) is 0 Å². The van der Waals surface area contributed by atoms with Gasteiger partial charge < -0.3 is 19.9 Å². The van der Waals surface area contributed by atoms with Gasteiger partial charge in [0.05, 0.1) is 6.54 Å². The Balaban J connectivity index is 1.61. The second-order valence-electron chi connectivity index (χ2n) is 10.1. The summed E-state index contributed by atoms with van der Waals surface area (Å²) in [4.78, 5) is 55.7. The molecule has 2 aliphatic rings. The lowest BCUT2D eigenvalue weighted by Gasteiger charge is -2.37. The summed E-state index contributed by atoms with van der Waals surface area (Å²) in [6, 6.07) is 11.7. The largest absolute Gasteiger partial charge is 0.438 e. The van der Waals surface area contributed by atoms with Gasteiger partial charge in [-0.3, -0.25) is 19.3 Å². The van der Waals surface area contributed by atoms with Crippen LogP contribution < -0.4 is 5.32 Å². The van der Waals surface area contributed by atoms with Crippen molar-refractivity contribution >= 4 is 29.5 Å². The summed E-state index contributed by atoms with van der Waals surface area (Å²) in [5, 5.41) is 2.87. The van der Waals surface area contributed by atoms with Crippen LogP contribution >= 0.6 is 0 Å². The van der Waals surface area contributed by atoms with Gasteiger partial charge in [-0.1, -0.05) is 38.1 Å². The van der Waals surface area contributed by atoms with Gasteiger partial charge in [-0.25, -0.2) is 9.18 Å². The molecule has 1 N–H and O–H groups in total. The van der Waals surface area contributed by atoms with Gasteiger partial charge in [0.25, 0.3) is 0 Å². The topological polar surface area (TPSA) is 99.3 Å². The van der Waals surface area contributed by atoms with Gasteiger partial charge in [-0.2, -0.15) is 0 Å². The normalized spacial score (nSPS) is 19.5. The third kappa shape index (κ3) is 6.30. The van der Waals surface area contributed by atoms with Crippen molar-refractivity contribution < 1.29 is 28.3 Å². The number of amides is 4. The highest BCUT2D eigenvalue weighted by molar-refractivity contribution is 5.91. The van der Waals surface area contributed by atoms with Crippen LogP contribution in [0.3, 0.4) is 0 Å². The molecule has 2 fully saturated rings. The zero-order valence-electron chi connectivity index (χ0n) is 21.9. The Kier molecular flexibility index (Phi) is 8.29. The van der Waals surface area contributed by atoms with Gasteiger partial charge in [0.2, 0.25) is 17.7 Å². The minimum atomic E-state index is -0.974. The number of carbonyl (C=O) groups excluding carboxylic acids is 4. The van der Waals surface area contributed by atoms with E-state index in [1.807, 2.05) is 13.8 Å². The minimum Gasteiger partial charge on any atom is -0.438 e. The average Bonchev–Trinajstić information content (AvgIpc) is 3.20. The number of ether oxygens (including phenoxy) is 1. The third-order valence-electron chi connectivity index (χ3n) is 6.73. The van der Waals surface area contributed by atoms with Crippen molar-refractivity contribution in [1.82, 2.24) is 14.7 Å². The van der Waals surface area contributed by atoms with E-state index >= 15 is 0 Å². The van der Waals surface area contributed by atoms with Crippen LogP contribution in [-0.2, 0) is 25.7 Å². The van der Waals surface area contributed by atoms with Crippen LogP contribution in [0.4, 0.5) is 14.9 Å². The van der Waals surface area contributed by atoms with Crippen LogP contribution in [0.15, 0.2) is 48.5 Å². The van der Waals surface area contributed by atoms with E-state index in [-0.39, 0.29) is 30.2 Å². The van der Waals surface area contributed by atoms with Gasteiger partial charge >= 0.3 is 6.09 Å². The zero-order valence-corrected chi connectivity index (χ0v) is 21.9. The van der Waals surface area contributed by atoms with E-state index in [0.29, 0.717) is 49.4 Å². The van der Waals surface area contributed by atoms with E-state index in [4.69, 9.17) is 4.74 Å². The first-order valence-electron chi connectivity index (χ1n) is 12.8. The van der Waals surface area contributed by atoms with Crippen LogP contribution in [-0.4, -0.2) is 70.7 Å². The molecule has 2 aromatic carbocycles. The van der Waals surface area contributed by atoms with Crippen LogP contribution in [0, 0.1) is 11.7 Å². The molecule has 38 heavy (non-hydrogen) atoms. The van der Waals surface area contributed by atoms with Gasteiger partial charge in [-0.05, 0) is 41.3 Å². The quantitative estimate of drug-likeness (QED) is 0.597. The molecule has 0 saturated carbocycles. The molecule has 2 atom stereocenters. The highest BCUT2D eigenvalue weighted by Crippen LogP contribution is 2.36. The van der Waals surface area contributed by atoms with Crippen molar-refractivity contribution in [2.75, 3.05) is 31.5 Å². The van der Waals surface area contributed by atoms with Gasteiger partial charge in [-0.15, -0.1) is 0 Å². The summed E-state index contributed by atoms with van der Waals surface area (Å²) in [5.74, 6) is -0.680. The van der Waals surface area contributed by atoms with E-state index in [0.717, 1.165) is 0 Å². The molecule has 9 nitrogen and oxygen atoms in total. The van der Waals surface area contributed by atoms with Crippen molar-refractivity contribution in [3.8, 4) is 0 Å². The van der Waals surface area contributed by atoms with Gasteiger partial charge in [0.15, 0.2) is 12.1 Å². The number of halogens is 1. The van der Waals surface area contributed by atoms with E-state index in [2.05, 4.69) is 5.32 Å². The molecule has 0 spiro atoms. The molecular weight excluding hydrogens is 491 g/mol. The number of cyclic esters (lactones) is 1. The molecule has 2 unspecified atom stereocenters. The Morgan fingerprint density at radius 1 is 1.03 bits per heavy atom. The van der Waals surface area contributed by atoms with Crippen LogP contribution in [0.2, 0.25) is 0 Å². The Hall–Kier alpha value is -3.95. The standard InChI is InChI=1S/C28H33FN4O5/c1-18(2)15-24(35)30-23-6-4-5-21(16-23)26-25(27(36)32-13-11-31(12-14-32)19(3)34)33(28(37)38-26)17-20-7-9-22(29)10-8-20/h4-10,16,18,25-26H,11-15,17H2,1-3H3,(H,30,35). The first-order valence-corrected chi connectivity index (χ1v) is 12.8. The summed E-state index contributed by atoms with van der Waals surface area (Å²) in [6.45, 7) is 6.95. The van der Waals surface area contributed by atoms with E-state index in [1.165, 1.54) is 24.0 Å². The number of piperazine rings is 1. The Labute approximate surface area is 221 Å². The third-order valence-corrected chi connectivity index (χ3v) is 6.73. The predicted molar refractivity (Wildman–Crippen MR) is 138 cm³/mol. The first kappa shape index (κ1) is 27.1. The number of carbonyl (C=O) groups is 4. The maximum atomic E-state index is 13.9. The number of nitrogens with one attached hydrogen (secondary N) is 1. The molecule has 0 radical (unpaired) electrons. The molecule has 0 aliphatic carbocycles. The van der Waals surface area contributed by atoms with E-state index in [9.17, 15) is 23.6 Å². The number of hydrogen-bond donors (Lipinski definition) is 1. The number of hydrogen-bond acceptors (Lipinski definition) is 5. The number of anilines is 1. The summed E-state index contributed by atoms with van der Waals surface area (Å²) in [5.41, 5.74) is 1.77. The molecule has 2 aliphatic heterocycles. The molecule has 10 heteroatoms. The van der Waals surface area contributed by atoms with Crippen molar-refractivity contribution in [3.05, 3.63) is 65.5 Å². The molecular formula is C28H33FN4O5. The number of nitrogens with zero attached hydrogens (tertiary/aromatic N) is 3. The SMILES string of the molecule is CC(=O)N1CCN(C(=O)C2C(c3cccc(NC(=O)CC(C)C)c3)OC(=O)N2Cc2ccc(F)cc2)CC1. The lowest BCUT2D eigenvalue weighted by molar-refractivity contribution is -0.142. The molecule has 4 rings (SSSR count). The number of benzene rings is 2. The fraction of sp³-hybridized carbons (Fsp3) is 0.429. The van der Waals surface area contributed by atoms with E-state index in [1.54, 1.807) is 46.2 Å². The summed E-state index contributed by atoms with van der Waals surface area (Å²) < 4.78 is 19.2. The maximum Gasteiger partial charge on any atom is 0.411 e. The minimum absolute atomic E-state index is 0.0522. The molecule has 0 bridgehead atoms. The fourth-order valence-corrected chi connectivity index (χ4v) is 4.79. The van der Waals surface area contributed by atoms with Gasteiger partial charge in [0, 0.05) is 45.2 Å². The molecule has 4 amide bonds. The Bertz CT molecular complexity index is 1190. The van der Waals surface area contributed by atoms with Gasteiger partial charge in [0.1, 0.15) is 5.82 Å². The van der Waals surface area contributed by atoms with Crippen molar-refractivity contribution in [2.24, 2.45) is 5.92 Å². The predicted octanol–water partition coefficient (Wildman–Crippen LogP) is 3.56. The monoisotopic (exact) mass is 524 g/mol. The summed E-state index contributed by atoms with van der Waals surface area (Å²) in [7, 11) is 0. The Morgan fingerprint density at radius 3 is 2.32 bits per heavy atom. The fourth-order valence-electron chi connectivity index (χ4n) is 4.79. The van der Waals surface area contributed by atoms with Crippen molar-refractivity contribution in [1.29, 1.82) is 0 Å². The second-order valence-corrected chi connectivity index (χ2v) is 10.1. The zero-order chi connectivity index (χ0) is 27.4. The average molecular weight is 525 g/mol.